The van der Waals surface area contributed by atoms with Crippen molar-refractivity contribution in [2.45, 2.75) is 18.8 Å². The van der Waals surface area contributed by atoms with Crippen molar-refractivity contribution < 1.29 is 14.3 Å². The van der Waals surface area contributed by atoms with Crippen molar-refractivity contribution in [2.75, 3.05) is 24.7 Å². The zero-order chi connectivity index (χ0) is 17.9. The van der Waals surface area contributed by atoms with Gasteiger partial charge in [-0.05, 0) is 36.1 Å². The van der Waals surface area contributed by atoms with Crippen molar-refractivity contribution >= 4 is 11.6 Å². The van der Waals surface area contributed by atoms with Crippen LogP contribution >= 0.6 is 0 Å². The van der Waals surface area contributed by atoms with Crippen LogP contribution in [0.2, 0.25) is 0 Å². The third kappa shape index (κ3) is 3.21. The van der Waals surface area contributed by atoms with E-state index in [1.54, 1.807) is 11.1 Å². The summed E-state index contributed by atoms with van der Waals surface area (Å²) in [5.74, 6) is 1.52. The molecule has 26 heavy (non-hydrogen) atoms. The van der Waals surface area contributed by atoms with Gasteiger partial charge in [-0.3, -0.25) is 9.78 Å². The molecule has 2 aliphatic rings. The first-order chi connectivity index (χ1) is 12.8. The molecular formula is C20H19N3O3. The molecule has 2 atom stereocenters. The molecule has 1 amide bonds. The van der Waals surface area contributed by atoms with Gasteiger partial charge in [0.05, 0.1) is 12.5 Å². The summed E-state index contributed by atoms with van der Waals surface area (Å²) in [6.07, 6.45) is 4.65. The molecule has 6 nitrogen and oxygen atoms in total. The van der Waals surface area contributed by atoms with E-state index < -0.39 is 0 Å². The predicted octanol–water partition coefficient (Wildman–Crippen LogP) is 2.90. The topological polar surface area (TPSA) is 75.5 Å². The lowest BCUT2D eigenvalue weighted by Crippen LogP contribution is -2.33. The van der Waals surface area contributed by atoms with Gasteiger partial charge in [-0.15, -0.1) is 0 Å². The van der Waals surface area contributed by atoms with Crippen molar-refractivity contribution in [3.63, 3.8) is 0 Å². The summed E-state index contributed by atoms with van der Waals surface area (Å²) < 4.78 is 11.2. The van der Waals surface area contributed by atoms with Gasteiger partial charge in [-0.2, -0.15) is 5.26 Å². The Balaban J connectivity index is 1.55. The Labute approximate surface area is 152 Å². The van der Waals surface area contributed by atoms with E-state index in [4.69, 9.17) is 14.7 Å². The largest absolute Gasteiger partial charge is 0.486 e. The van der Waals surface area contributed by atoms with Gasteiger partial charge in [-0.1, -0.05) is 6.07 Å². The second kappa shape index (κ2) is 7.04. The molecule has 0 N–H and O–H groups in total. The fourth-order valence-corrected chi connectivity index (χ4v) is 3.36. The maximum Gasteiger partial charge on any atom is 0.230 e. The lowest BCUT2D eigenvalue weighted by Gasteiger charge is -2.25. The molecule has 1 fully saturated rings. The van der Waals surface area contributed by atoms with Gasteiger partial charge in [0, 0.05) is 36.6 Å². The van der Waals surface area contributed by atoms with Crippen LogP contribution in [0, 0.1) is 17.2 Å². The molecule has 2 aromatic rings. The van der Waals surface area contributed by atoms with Crippen LogP contribution < -0.4 is 14.4 Å². The minimum absolute atomic E-state index is 0.0470. The number of rotatable bonds is 5. The van der Waals surface area contributed by atoms with Gasteiger partial charge in [0.1, 0.15) is 13.2 Å². The number of fused-ring (bicyclic) bond motifs is 1. The van der Waals surface area contributed by atoms with E-state index in [0.717, 1.165) is 17.7 Å². The number of benzene rings is 1. The summed E-state index contributed by atoms with van der Waals surface area (Å²) in [7, 11) is 0. The fraction of sp³-hybridized carbons (Fsp3) is 0.350. The molecule has 1 aliphatic heterocycles. The smallest absolute Gasteiger partial charge is 0.230 e. The predicted molar refractivity (Wildman–Crippen MR) is 95.1 cm³/mol. The van der Waals surface area contributed by atoms with E-state index in [0.29, 0.717) is 31.3 Å². The highest BCUT2D eigenvalue weighted by Gasteiger charge is 2.46. The Kier molecular flexibility index (Phi) is 4.44. The Hall–Kier alpha value is -3.07. The maximum absolute atomic E-state index is 13.1. The van der Waals surface area contributed by atoms with Crippen LogP contribution in [0.15, 0.2) is 42.7 Å². The lowest BCUT2D eigenvalue weighted by molar-refractivity contribution is -0.119. The van der Waals surface area contributed by atoms with Crippen LogP contribution in [0.4, 0.5) is 5.69 Å². The van der Waals surface area contributed by atoms with Gasteiger partial charge >= 0.3 is 0 Å². The van der Waals surface area contributed by atoms with Gasteiger partial charge in [0.15, 0.2) is 11.5 Å². The number of hydrogen-bond acceptors (Lipinski definition) is 5. The van der Waals surface area contributed by atoms with Crippen LogP contribution in [0.5, 0.6) is 11.5 Å². The van der Waals surface area contributed by atoms with Gasteiger partial charge in [0.25, 0.3) is 0 Å². The second-order valence-electron chi connectivity index (χ2n) is 6.46. The highest BCUT2D eigenvalue weighted by molar-refractivity contribution is 5.97. The summed E-state index contributed by atoms with van der Waals surface area (Å²) >= 11 is 0. The Morgan fingerprint density at radius 3 is 2.88 bits per heavy atom. The number of nitrogens with zero attached hydrogens (tertiary/aromatic N) is 3. The van der Waals surface area contributed by atoms with E-state index in [-0.39, 0.29) is 24.2 Å². The number of carbonyl (C=O) groups excluding carboxylic acids is 1. The zero-order valence-electron chi connectivity index (χ0n) is 14.3. The molecular weight excluding hydrogens is 330 g/mol. The summed E-state index contributed by atoms with van der Waals surface area (Å²) in [6.45, 7) is 1.39. The summed E-state index contributed by atoms with van der Waals surface area (Å²) in [5, 5.41) is 8.98. The van der Waals surface area contributed by atoms with Gasteiger partial charge in [0.2, 0.25) is 5.91 Å². The third-order valence-corrected chi connectivity index (χ3v) is 4.77. The van der Waals surface area contributed by atoms with E-state index in [2.05, 4.69) is 11.1 Å². The summed E-state index contributed by atoms with van der Waals surface area (Å²) in [5.41, 5.74) is 1.83. The molecule has 1 aliphatic carbocycles. The Bertz CT molecular complexity index is 847. The van der Waals surface area contributed by atoms with Gasteiger partial charge in [-0.25, -0.2) is 0 Å². The minimum atomic E-state index is -0.0638. The molecule has 0 radical (unpaired) electrons. The first-order valence-corrected chi connectivity index (χ1v) is 8.76. The quantitative estimate of drug-likeness (QED) is 0.830. The molecule has 4 rings (SSSR count). The standard InChI is InChI=1S/C20H19N3O3/c21-6-2-8-23(15-4-5-18-19(11-15)26-10-9-25-18)20(24)17-12-16(17)14-3-1-7-22-13-14/h1,3-5,7,11,13,16-17H,2,8-10,12H2. The van der Waals surface area contributed by atoms with Crippen LogP contribution in [-0.2, 0) is 4.79 Å². The van der Waals surface area contributed by atoms with Crippen LogP contribution in [0.25, 0.3) is 0 Å². The van der Waals surface area contributed by atoms with E-state index >= 15 is 0 Å². The number of ether oxygens (including phenoxy) is 2. The number of anilines is 1. The first kappa shape index (κ1) is 16.4. The number of aromatic nitrogens is 1. The van der Waals surface area contributed by atoms with E-state index in [1.807, 2.05) is 36.5 Å². The molecule has 1 aromatic heterocycles. The Morgan fingerprint density at radius 1 is 1.27 bits per heavy atom. The van der Waals surface area contributed by atoms with Crippen LogP contribution in [0.3, 0.4) is 0 Å². The van der Waals surface area contributed by atoms with Gasteiger partial charge < -0.3 is 14.4 Å². The van der Waals surface area contributed by atoms with Crippen molar-refractivity contribution in [1.82, 2.24) is 4.98 Å². The molecule has 0 bridgehead atoms. The molecule has 0 spiro atoms. The monoisotopic (exact) mass is 349 g/mol. The molecule has 6 heteroatoms. The highest BCUT2D eigenvalue weighted by atomic mass is 16.6. The second-order valence-corrected chi connectivity index (χ2v) is 6.46. The van der Waals surface area contributed by atoms with Crippen LogP contribution in [-0.4, -0.2) is 30.6 Å². The first-order valence-electron chi connectivity index (χ1n) is 8.76. The number of nitriles is 1. The Morgan fingerprint density at radius 2 is 2.12 bits per heavy atom. The number of carbonyl (C=O) groups is 1. The van der Waals surface area contributed by atoms with Crippen molar-refractivity contribution in [1.29, 1.82) is 5.26 Å². The van der Waals surface area contributed by atoms with Crippen molar-refractivity contribution in [3.8, 4) is 17.6 Å². The molecule has 2 heterocycles. The third-order valence-electron chi connectivity index (χ3n) is 4.77. The molecule has 1 saturated carbocycles. The average Bonchev–Trinajstić information content (AvgIpc) is 3.49. The summed E-state index contributed by atoms with van der Waals surface area (Å²) in [6, 6.07) is 11.5. The number of amides is 1. The normalized spacial score (nSPS) is 20.1. The van der Waals surface area contributed by atoms with E-state index in [1.165, 1.54) is 0 Å². The molecule has 1 aromatic carbocycles. The SMILES string of the molecule is N#CCCN(C(=O)C1CC1c1cccnc1)c1ccc2c(c1)OCCO2. The summed E-state index contributed by atoms with van der Waals surface area (Å²) in [4.78, 5) is 18.9. The maximum atomic E-state index is 13.1. The highest BCUT2D eigenvalue weighted by Crippen LogP contribution is 2.49. The number of pyridine rings is 1. The fourth-order valence-electron chi connectivity index (χ4n) is 3.36. The lowest BCUT2D eigenvalue weighted by atomic mass is 10.1. The van der Waals surface area contributed by atoms with Crippen molar-refractivity contribution in [2.24, 2.45) is 5.92 Å². The van der Waals surface area contributed by atoms with E-state index in [9.17, 15) is 4.79 Å². The molecule has 2 unspecified atom stereocenters. The minimum Gasteiger partial charge on any atom is -0.486 e. The zero-order valence-corrected chi connectivity index (χ0v) is 14.3. The average molecular weight is 349 g/mol. The molecule has 132 valence electrons. The van der Waals surface area contributed by atoms with Crippen molar-refractivity contribution in [3.05, 3.63) is 48.3 Å². The van der Waals surface area contributed by atoms with Crippen LogP contribution in [0.1, 0.15) is 24.3 Å². The molecule has 0 saturated heterocycles. The number of hydrogen-bond donors (Lipinski definition) is 0.